The molecule has 2 aliphatic heterocycles. The predicted octanol–water partition coefficient (Wildman–Crippen LogP) is 1.14. The first kappa shape index (κ1) is 6.86. The van der Waals surface area contributed by atoms with E-state index in [0.717, 1.165) is 18.0 Å². The summed E-state index contributed by atoms with van der Waals surface area (Å²) in [7, 11) is 0. The van der Waals surface area contributed by atoms with Crippen molar-refractivity contribution < 1.29 is 0 Å². The van der Waals surface area contributed by atoms with E-state index < -0.39 is 0 Å². The molecule has 0 spiro atoms. The van der Waals surface area contributed by atoms with Crippen LogP contribution in [0.5, 0.6) is 0 Å². The molecule has 12 heavy (non-hydrogen) atoms. The maximum Gasteiger partial charge on any atom is 0.116 e. The van der Waals surface area contributed by atoms with Crippen molar-refractivity contribution in [2.75, 3.05) is 5.88 Å². The zero-order chi connectivity index (χ0) is 7.97. The summed E-state index contributed by atoms with van der Waals surface area (Å²) in [5, 5.41) is 3.45. The van der Waals surface area contributed by atoms with Crippen molar-refractivity contribution in [3.63, 3.8) is 0 Å². The van der Waals surface area contributed by atoms with Gasteiger partial charge >= 0.3 is 0 Å². The standard InChI is InChI=1S/C8H9N3S/c1-2-6-8(12-4-11-6)7-5(1)9-3-10-7/h3,6,11H,1-2,4H2. The first-order chi connectivity index (χ1) is 5.95. The number of allylic oxidation sites excluding steroid dienone is 1. The average Bonchev–Trinajstić information content (AvgIpc) is 2.71. The normalized spacial score (nSPS) is 32.0. The molecule has 3 aliphatic rings. The molecule has 0 aromatic rings. The van der Waals surface area contributed by atoms with Gasteiger partial charge in [-0.1, -0.05) is 0 Å². The second-order valence-corrected chi connectivity index (χ2v) is 4.13. The molecule has 4 heteroatoms. The summed E-state index contributed by atoms with van der Waals surface area (Å²) in [5.74, 6) is 1.03. The highest BCUT2D eigenvalue weighted by molar-refractivity contribution is 8.03. The third kappa shape index (κ3) is 0.820. The molecular weight excluding hydrogens is 170 g/mol. The van der Waals surface area contributed by atoms with Crippen LogP contribution in [0.3, 0.4) is 0 Å². The quantitative estimate of drug-likeness (QED) is 0.605. The lowest BCUT2D eigenvalue weighted by atomic mass is 9.98. The Morgan fingerprint density at radius 3 is 3.58 bits per heavy atom. The number of rotatable bonds is 0. The summed E-state index contributed by atoms with van der Waals surface area (Å²) in [4.78, 5) is 9.95. The minimum Gasteiger partial charge on any atom is -0.300 e. The topological polar surface area (TPSA) is 36.8 Å². The molecule has 1 saturated heterocycles. The van der Waals surface area contributed by atoms with Gasteiger partial charge in [-0.05, 0) is 12.8 Å². The van der Waals surface area contributed by atoms with Crippen molar-refractivity contribution in [2.24, 2.45) is 9.98 Å². The molecule has 1 unspecified atom stereocenters. The Labute approximate surface area is 75.1 Å². The predicted molar refractivity (Wildman–Crippen MR) is 51.6 cm³/mol. The molecular formula is C8H9N3S. The van der Waals surface area contributed by atoms with Gasteiger partial charge in [0.15, 0.2) is 0 Å². The Balaban J connectivity index is 2.12. The maximum atomic E-state index is 4.29. The number of aliphatic imine (C=N–C) groups is 2. The Hall–Kier alpha value is -0.610. The minimum absolute atomic E-state index is 0.569. The molecule has 1 aliphatic carbocycles. The summed E-state index contributed by atoms with van der Waals surface area (Å²) in [6.45, 7) is 0. The number of nitrogens with zero attached hydrogens (tertiary/aromatic N) is 2. The lowest BCUT2D eigenvalue weighted by molar-refractivity contribution is 0.617. The molecule has 0 saturated carbocycles. The van der Waals surface area contributed by atoms with Crippen LogP contribution in [0.1, 0.15) is 12.8 Å². The fourth-order valence-corrected chi connectivity index (χ4v) is 2.99. The van der Waals surface area contributed by atoms with Crippen LogP contribution in [-0.4, -0.2) is 24.0 Å². The van der Waals surface area contributed by atoms with Crippen molar-refractivity contribution in [3.8, 4) is 0 Å². The molecule has 0 bridgehead atoms. The molecule has 1 atom stereocenters. The Kier molecular flexibility index (Phi) is 1.39. The summed E-state index contributed by atoms with van der Waals surface area (Å²) in [6, 6.07) is 0.569. The number of hydrogen-bond acceptors (Lipinski definition) is 4. The van der Waals surface area contributed by atoms with E-state index in [1.54, 1.807) is 6.34 Å². The minimum atomic E-state index is 0.569. The highest BCUT2D eigenvalue weighted by Crippen LogP contribution is 2.37. The molecule has 3 rings (SSSR count). The van der Waals surface area contributed by atoms with Gasteiger partial charge in [-0.25, -0.2) is 9.98 Å². The second-order valence-electron chi connectivity index (χ2n) is 3.12. The highest BCUT2D eigenvalue weighted by Gasteiger charge is 2.31. The van der Waals surface area contributed by atoms with Gasteiger partial charge in [-0.2, -0.15) is 0 Å². The first-order valence-corrected chi connectivity index (χ1v) is 5.13. The monoisotopic (exact) mass is 179 g/mol. The van der Waals surface area contributed by atoms with Gasteiger partial charge in [0.1, 0.15) is 6.34 Å². The molecule has 0 aromatic carbocycles. The van der Waals surface area contributed by atoms with Crippen molar-refractivity contribution >= 4 is 23.8 Å². The molecule has 62 valence electrons. The number of fused-ring (bicyclic) bond motifs is 2. The van der Waals surface area contributed by atoms with Gasteiger partial charge in [-0.3, -0.25) is 0 Å². The smallest absolute Gasteiger partial charge is 0.116 e. The van der Waals surface area contributed by atoms with Crippen molar-refractivity contribution in [1.29, 1.82) is 0 Å². The fourth-order valence-electron chi connectivity index (χ4n) is 1.84. The van der Waals surface area contributed by atoms with Crippen LogP contribution in [0.2, 0.25) is 0 Å². The second kappa shape index (κ2) is 2.44. The fraction of sp³-hybridized carbons (Fsp3) is 0.500. The number of thioether (sulfide) groups is 1. The Morgan fingerprint density at radius 2 is 2.58 bits per heavy atom. The van der Waals surface area contributed by atoms with Crippen LogP contribution in [-0.2, 0) is 0 Å². The summed E-state index contributed by atoms with van der Waals surface area (Å²) in [5.41, 5.74) is 2.35. The summed E-state index contributed by atoms with van der Waals surface area (Å²) >= 11 is 1.88. The average molecular weight is 179 g/mol. The van der Waals surface area contributed by atoms with Gasteiger partial charge in [0.05, 0.1) is 11.4 Å². The van der Waals surface area contributed by atoms with Crippen LogP contribution < -0.4 is 5.32 Å². The van der Waals surface area contributed by atoms with E-state index >= 15 is 0 Å². The summed E-state index contributed by atoms with van der Waals surface area (Å²) in [6.07, 6.45) is 3.95. The van der Waals surface area contributed by atoms with Gasteiger partial charge in [0.25, 0.3) is 0 Å². The Morgan fingerprint density at radius 1 is 1.58 bits per heavy atom. The molecule has 1 N–H and O–H groups in total. The molecule has 0 amide bonds. The van der Waals surface area contributed by atoms with E-state index in [9.17, 15) is 0 Å². The van der Waals surface area contributed by atoms with Gasteiger partial charge < -0.3 is 5.32 Å². The van der Waals surface area contributed by atoms with E-state index in [0.29, 0.717) is 6.04 Å². The largest absolute Gasteiger partial charge is 0.300 e. The van der Waals surface area contributed by atoms with Crippen LogP contribution in [0.15, 0.2) is 20.6 Å². The van der Waals surface area contributed by atoms with Crippen LogP contribution in [0.25, 0.3) is 0 Å². The third-order valence-corrected chi connectivity index (χ3v) is 3.55. The molecule has 1 fully saturated rings. The Bertz CT molecular complexity index is 316. The van der Waals surface area contributed by atoms with E-state index in [1.165, 1.54) is 17.0 Å². The molecule has 2 heterocycles. The maximum absolute atomic E-state index is 4.29. The van der Waals surface area contributed by atoms with Crippen molar-refractivity contribution in [2.45, 2.75) is 18.9 Å². The number of hydrogen-bond donors (Lipinski definition) is 1. The third-order valence-electron chi connectivity index (χ3n) is 2.45. The van der Waals surface area contributed by atoms with E-state index in [2.05, 4.69) is 15.3 Å². The highest BCUT2D eigenvalue weighted by atomic mass is 32.2. The molecule has 3 nitrogen and oxygen atoms in total. The molecule has 0 radical (unpaired) electrons. The van der Waals surface area contributed by atoms with Crippen molar-refractivity contribution in [3.05, 3.63) is 10.6 Å². The van der Waals surface area contributed by atoms with E-state index in [4.69, 9.17) is 0 Å². The van der Waals surface area contributed by atoms with E-state index in [-0.39, 0.29) is 0 Å². The van der Waals surface area contributed by atoms with Gasteiger partial charge in [-0.15, -0.1) is 11.8 Å². The van der Waals surface area contributed by atoms with Crippen LogP contribution >= 0.6 is 11.8 Å². The van der Waals surface area contributed by atoms with Crippen LogP contribution in [0, 0.1) is 0 Å². The van der Waals surface area contributed by atoms with Crippen molar-refractivity contribution in [1.82, 2.24) is 5.32 Å². The van der Waals surface area contributed by atoms with Gasteiger partial charge in [0, 0.05) is 16.8 Å². The number of nitrogens with one attached hydrogen (secondary N) is 1. The first-order valence-electron chi connectivity index (χ1n) is 4.15. The lowest BCUT2D eigenvalue weighted by Crippen LogP contribution is -2.27. The lowest BCUT2D eigenvalue weighted by Gasteiger charge is -2.18. The zero-order valence-electron chi connectivity index (χ0n) is 6.58. The zero-order valence-corrected chi connectivity index (χ0v) is 7.40. The van der Waals surface area contributed by atoms with Crippen LogP contribution in [0.4, 0.5) is 0 Å². The van der Waals surface area contributed by atoms with E-state index in [1.807, 2.05) is 11.8 Å². The van der Waals surface area contributed by atoms with Gasteiger partial charge in [0.2, 0.25) is 0 Å². The molecule has 0 aromatic heterocycles. The SMILES string of the molecule is C1=NC2=C3SCNC3CCC2=N1. The summed E-state index contributed by atoms with van der Waals surface area (Å²) < 4.78 is 0.